The molecule has 1 rings (SSSR count). The van der Waals surface area contributed by atoms with E-state index >= 15 is 0 Å². The molecule has 0 aromatic rings. The van der Waals surface area contributed by atoms with Crippen LogP contribution in [0.3, 0.4) is 0 Å². The lowest BCUT2D eigenvalue weighted by molar-refractivity contribution is -0.121. The molecule has 1 fully saturated rings. The van der Waals surface area contributed by atoms with E-state index in [9.17, 15) is 4.79 Å². The minimum Gasteiger partial charge on any atom is -0.383 e. The summed E-state index contributed by atoms with van der Waals surface area (Å²) in [6.45, 7) is 3.06. The zero-order valence-corrected chi connectivity index (χ0v) is 9.55. The topological polar surface area (TPSA) is 50.4 Å². The van der Waals surface area contributed by atoms with Gasteiger partial charge >= 0.3 is 0 Å². The summed E-state index contributed by atoms with van der Waals surface area (Å²) in [6.07, 6.45) is 4.65. The number of amides is 1. The number of nitrogens with one attached hydrogen (secondary N) is 2. The number of rotatable bonds is 8. The number of methoxy groups -OCH3 is 1. The second kappa shape index (κ2) is 7.65. The van der Waals surface area contributed by atoms with Crippen molar-refractivity contribution in [3.63, 3.8) is 0 Å². The van der Waals surface area contributed by atoms with Crippen LogP contribution in [0.2, 0.25) is 0 Å². The van der Waals surface area contributed by atoms with Crippen LogP contribution < -0.4 is 10.6 Å². The summed E-state index contributed by atoms with van der Waals surface area (Å²) in [5.74, 6) is 0.967. The Labute approximate surface area is 91.8 Å². The first-order valence-electron chi connectivity index (χ1n) is 5.79. The Kier molecular flexibility index (Phi) is 6.36. The molecule has 0 bridgehead atoms. The van der Waals surface area contributed by atoms with Crippen LogP contribution in [0.15, 0.2) is 0 Å². The van der Waals surface area contributed by atoms with Crippen molar-refractivity contribution >= 4 is 5.91 Å². The maximum atomic E-state index is 11.2. The first kappa shape index (κ1) is 12.5. The van der Waals surface area contributed by atoms with Crippen molar-refractivity contribution < 1.29 is 9.53 Å². The summed E-state index contributed by atoms with van der Waals surface area (Å²) in [4.78, 5) is 11.2. The SMILES string of the molecule is COCCNC(=O)CCNCC1CCC1. The Balaban J connectivity index is 1.83. The zero-order valence-electron chi connectivity index (χ0n) is 9.55. The van der Waals surface area contributed by atoms with Crippen molar-refractivity contribution in [3.05, 3.63) is 0 Å². The van der Waals surface area contributed by atoms with Gasteiger partial charge in [-0.1, -0.05) is 6.42 Å². The molecule has 1 aliphatic rings. The van der Waals surface area contributed by atoms with Crippen molar-refractivity contribution in [2.75, 3.05) is 33.4 Å². The predicted octanol–water partition coefficient (Wildman–Crippen LogP) is 0.529. The van der Waals surface area contributed by atoms with Crippen LogP contribution in [0.4, 0.5) is 0 Å². The van der Waals surface area contributed by atoms with Gasteiger partial charge in [0, 0.05) is 26.6 Å². The van der Waals surface area contributed by atoms with E-state index in [0.29, 0.717) is 19.6 Å². The molecule has 0 aromatic heterocycles. The van der Waals surface area contributed by atoms with Gasteiger partial charge in [0.1, 0.15) is 0 Å². The second-order valence-electron chi connectivity index (χ2n) is 4.09. The van der Waals surface area contributed by atoms with E-state index in [2.05, 4.69) is 10.6 Å². The summed E-state index contributed by atoms with van der Waals surface area (Å²) in [5, 5.41) is 6.11. The third-order valence-corrected chi connectivity index (χ3v) is 2.81. The second-order valence-corrected chi connectivity index (χ2v) is 4.09. The van der Waals surface area contributed by atoms with Crippen LogP contribution in [-0.4, -0.2) is 39.3 Å². The zero-order chi connectivity index (χ0) is 10.9. The van der Waals surface area contributed by atoms with Gasteiger partial charge < -0.3 is 15.4 Å². The highest BCUT2D eigenvalue weighted by Crippen LogP contribution is 2.24. The van der Waals surface area contributed by atoms with Crippen LogP contribution in [0.1, 0.15) is 25.7 Å². The van der Waals surface area contributed by atoms with Crippen LogP contribution in [-0.2, 0) is 9.53 Å². The smallest absolute Gasteiger partial charge is 0.221 e. The summed E-state index contributed by atoms with van der Waals surface area (Å²) < 4.78 is 4.84. The number of carbonyl (C=O) groups excluding carboxylic acids is 1. The van der Waals surface area contributed by atoms with Gasteiger partial charge in [0.15, 0.2) is 0 Å². The monoisotopic (exact) mass is 214 g/mol. The Morgan fingerprint density at radius 2 is 2.20 bits per heavy atom. The molecule has 4 heteroatoms. The highest BCUT2D eigenvalue weighted by molar-refractivity contribution is 5.75. The van der Waals surface area contributed by atoms with E-state index in [4.69, 9.17) is 4.74 Å². The molecule has 0 atom stereocenters. The first-order chi connectivity index (χ1) is 7.33. The summed E-state index contributed by atoms with van der Waals surface area (Å²) >= 11 is 0. The Morgan fingerprint density at radius 3 is 2.80 bits per heavy atom. The van der Waals surface area contributed by atoms with E-state index in [1.807, 2.05) is 0 Å². The molecule has 2 N–H and O–H groups in total. The van der Waals surface area contributed by atoms with E-state index in [1.165, 1.54) is 19.3 Å². The lowest BCUT2D eigenvalue weighted by Gasteiger charge is -2.25. The lowest BCUT2D eigenvalue weighted by Crippen LogP contribution is -2.32. The standard InChI is InChI=1S/C11H22N2O2/c1-15-8-7-13-11(14)5-6-12-9-10-3-2-4-10/h10,12H,2-9H2,1H3,(H,13,14). The molecule has 0 radical (unpaired) electrons. The van der Waals surface area contributed by atoms with Crippen molar-refractivity contribution in [2.24, 2.45) is 5.92 Å². The van der Waals surface area contributed by atoms with Gasteiger partial charge in [-0.05, 0) is 25.3 Å². The van der Waals surface area contributed by atoms with Gasteiger partial charge in [-0.3, -0.25) is 4.79 Å². The van der Waals surface area contributed by atoms with Crippen LogP contribution >= 0.6 is 0 Å². The average molecular weight is 214 g/mol. The van der Waals surface area contributed by atoms with Crippen LogP contribution in [0.25, 0.3) is 0 Å². The molecule has 15 heavy (non-hydrogen) atoms. The normalized spacial score (nSPS) is 16.1. The molecule has 1 amide bonds. The molecule has 4 nitrogen and oxygen atoms in total. The predicted molar refractivity (Wildman–Crippen MR) is 59.7 cm³/mol. The number of carbonyl (C=O) groups is 1. The molecule has 0 aliphatic heterocycles. The largest absolute Gasteiger partial charge is 0.383 e. The van der Waals surface area contributed by atoms with Gasteiger partial charge in [0.05, 0.1) is 6.61 Å². The molecule has 1 saturated carbocycles. The first-order valence-corrected chi connectivity index (χ1v) is 5.79. The molecule has 0 spiro atoms. The van der Waals surface area contributed by atoms with Gasteiger partial charge in [-0.25, -0.2) is 0 Å². The van der Waals surface area contributed by atoms with Gasteiger partial charge in [-0.2, -0.15) is 0 Å². The molecular weight excluding hydrogens is 192 g/mol. The van der Waals surface area contributed by atoms with Crippen LogP contribution in [0.5, 0.6) is 0 Å². The lowest BCUT2D eigenvalue weighted by atomic mass is 9.85. The molecule has 0 aromatic carbocycles. The minimum absolute atomic E-state index is 0.105. The fourth-order valence-corrected chi connectivity index (χ4v) is 1.59. The Hall–Kier alpha value is -0.610. The highest BCUT2D eigenvalue weighted by Gasteiger charge is 2.16. The van der Waals surface area contributed by atoms with Crippen molar-refractivity contribution in [1.29, 1.82) is 0 Å². The third kappa shape index (κ3) is 5.74. The average Bonchev–Trinajstić information content (AvgIpc) is 2.15. The highest BCUT2D eigenvalue weighted by atomic mass is 16.5. The molecule has 0 saturated heterocycles. The molecular formula is C11H22N2O2. The summed E-state index contributed by atoms with van der Waals surface area (Å²) in [6, 6.07) is 0. The fraction of sp³-hybridized carbons (Fsp3) is 0.909. The van der Waals surface area contributed by atoms with Crippen LogP contribution in [0, 0.1) is 5.92 Å². The Bertz CT molecular complexity index is 181. The maximum Gasteiger partial charge on any atom is 0.221 e. The van der Waals surface area contributed by atoms with Gasteiger partial charge in [0.25, 0.3) is 0 Å². The quantitative estimate of drug-likeness (QED) is 0.579. The van der Waals surface area contributed by atoms with Gasteiger partial charge in [-0.15, -0.1) is 0 Å². The van der Waals surface area contributed by atoms with E-state index < -0.39 is 0 Å². The number of ether oxygens (including phenoxy) is 1. The number of hydrogen-bond acceptors (Lipinski definition) is 3. The van der Waals surface area contributed by atoms with E-state index in [-0.39, 0.29) is 5.91 Å². The van der Waals surface area contributed by atoms with E-state index in [1.54, 1.807) is 7.11 Å². The minimum atomic E-state index is 0.105. The molecule has 1 aliphatic carbocycles. The van der Waals surface area contributed by atoms with Gasteiger partial charge in [0.2, 0.25) is 5.91 Å². The Morgan fingerprint density at radius 1 is 1.40 bits per heavy atom. The van der Waals surface area contributed by atoms with Crippen molar-refractivity contribution in [3.8, 4) is 0 Å². The molecule has 0 heterocycles. The molecule has 88 valence electrons. The van der Waals surface area contributed by atoms with E-state index in [0.717, 1.165) is 19.0 Å². The maximum absolute atomic E-state index is 11.2. The third-order valence-electron chi connectivity index (χ3n) is 2.81. The summed E-state index contributed by atoms with van der Waals surface area (Å²) in [5.41, 5.74) is 0. The van der Waals surface area contributed by atoms with Crippen molar-refractivity contribution in [1.82, 2.24) is 10.6 Å². The fourth-order valence-electron chi connectivity index (χ4n) is 1.59. The summed E-state index contributed by atoms with van der Waals surface area (Å²) in [7, 11) is 1.63. The van der Waals surface area contributed by atoms with Crippen molar-refractivity contribution in [2.45, 2.75) is 25.7 Å². The molecule has 0 unspecified atom stereocenters. The number of hydrogen-bond donors (Lipinski definition) is 2.